The van der Waals surface area contributed by atoms with Gasteiger partial charge in [-0.2, -0.15) is 0 Å². The second kappa shape index (κ2) is 6.78. The largest absolute Gasteiger partial charge is 0.324 e. The van der Waals surface area contributed by atoms with Crippen LogP contribution >= 0.6 is 0 Å². The number of nitrogens with zero attached hydrogens (tertiary/aromatic N) is 1. The zero-order valence-corrected chi connectivity index (χ0v) is 12.0. The molecule has 0 aliphatic heterocycles. The van der Waals surface area contributed by atoms with E-state index in [0.717, 1.165) is 37.1 Å². The summed E-state index contributed by atoms with van der Waals surface area (Å²) in [5, 5.41) is 0. The minimum Gasteiger partial charge on any atom is -0.324 e. The molecule has 15 heavy (non-hydrogen) atoms. The molecular weight excluding hydrogens is 230 g/mol. The molecule has 1 atom stereocenters. The lowest BCUT2D eigenvalue weighted by Crippen LogP contribution is -2.48. The van der Waals surface area contributed by atoms with Gasteiger partial charge < -0.3 is 4.48 Å². The summed E-state index contributed by atoms with van der Waals surface area (Å²) in [4.78, 5) is 0. The van der Waals surface area contributed by atoms with Crippen molar-refractivity contribution in [2.24, 2.45) is 0 Å². The summed E-state index contributed by atoms with van der Waals surface area (Å²) in [6, 6.07) is 0. The maximum absolute atomic E-state index is 11.5. The lowest BCUT2D eigenvalue weighted by Gasteiger charge is -2.35. The van der Waals surface area contributed by atoms with Gasteiger partial charge >= 0.3 is 0 Å². The van der Waals surface area contributed by atoms with Crippen LogP contribution in [0.5, 0.6) is 0 Å². The maximum Gasteiger partial charge on any atom is 0.143 e. The third-order valence-electron chi connectivity index (χ3n) is 3.29. The van der Waals surface area contributed by atoms with Crippen LogP contribution in [0, 0.1) is 0 Å². The topological polar surface area (TPSA) is 26.3 Å². The lowest BCUT2D eigenvalue weighted by molar-refractivity contribution is -0.923. The average Bonchev–Trinajstić information content (AvgIpc) is 2.25. The normalized spacial score (nSPS) is 16.3. The first-order valence-corrected chi connectivity index (χ1v) is 8.16. The van der Waals surface area contributed by atoms with Crippen molar-refractivity contribution in [3.63, 3.8) is 0 Å². The van der Waals surface area contributed by atoms with Crippen LogP contribution in [0.25, 0.3) is 0 Å². The summed E-state index contributed by atoms with van der Waals surface area (Å²) in [6.07, 6.45) is 0.881. The smallest absolute Gasteiger partial charge is 0.143 e. The molecule has 3 nitrogen and oxygen atoms in total. The predicted molar refractivity (Wildman–Crippen MR) is 68.8 cm³/mol. The van der Waals surface area contributed by atoms with Gasteiger partial charge in [0.15, 0.2) is 0 Å². The van der Waals surface area contributed by atoms with E-state index in [1.54, 1.807) is 0 Å². The van der Waals surface area contributed by atoms with E-state index < -0.39 is 8.77 Å². The summed E-state index contributed by atoms with van der Waals surface area (Å²) < 4.78 is 17.4. The molecule has 92 valence electrons. The molecule has 0 saturated carbocycles. The Morgan fingerprint density at radius 3 is 2.00 bits per heavy atom. The number of rotatable bonds is 8. The fourth-order valence-corrected chi connectivity index (χ4v) is 2.81. The molecule has 0 aliphatic carbocycles. The zero-order chi connectivity index (χ0) is 11.9. The Labute approximate surface area is 99.3 Å². The highest BCUT2D eigenvalue weighted by Gasteiger charge is 2.20. The minimum atomic E-state index is -2.44. The maximum atomic E-state index is 11.5. The van der Waals surface area contributed by atoms with Gasteiger partial charge in [0, 0.05) is 17.6 Å². The van der Waals surface area contributed by atoms with Crippen molar-refractivity contribution < 1.29 is 12.9 Å². The van der Waals surface area contributed by atoms with Crippen LogP contribution in [-0.4, -0.2) is 47.7 Å². The molecule has 0 N–H and O–H groups in total. The van der Waals surface area contributed by atoms with Crippen LogP contribution in [0.3, 0.4) is 0 Å². The van der Waals surface area contributed by atoms with E-state index in [1.165, 1.54) is 7.11 Å². The molecule has 5 heteroatoms. The third kappa shape index (κ3) is 5.24. The van der Waals surface area contributed by atoms with Gasteiger partial charge in [-0.15, -0.1) is 0 Å². The van der Waals surface area contributed by atoms with Gasteiger partial charge in [-0.1, -0.05) is 0 Å². The monoisotopic (exact) mass is 254 g/mol. The van der Waals surface area contributed by atoms with E-state index in [1.807, 2.05) is 0 Å². The highest BCUT2D eigenvalue weighted by Crippen LogP contribution is 2.08. The van der Waals surface area contributed by atoms with Crippen molar-refractivity contribution in [3.8, 4) is 0 Å². The Balaban J connectivity index is 4.13. The molecule has 0 rings (SSSR count). The van der Waals surface area contributed by atoms with Crippen LogP contribution < -0.4 is 0 Å². The number of hydrogen-bond acceptors (Lipinski definition) is 3. The molecule has 0 aromatic carbocycles. The SMILES string of the molecule is CC[N+](CC)(CC)CCCS(=O)(=S)OC. The van der Waals surface area contributed by atoms with E-state index in [2.05, 4.69) is 20.8 Å². The second-order valence-corrected chi connectivity index (χ2v) is 7.18. The van der Waals surface area contributed by atoms with Gasteiger partial charge in [0.2, 0.25) is 0 Å². The Hall–Kier alpha value is 0.290. The van der Waals surface area contributed by atoms with E-state index in [9.17, 15) is 4.21 Å². The molecule has 0 aromatic heterocycles. The molecule has 0 aromatic rings. The molecule has 0 fully saturated rings. The Morgan fingerprint density at radius 1 is 1.20 bits per heavy atom. The second-order valence-electron chi connectivity index (χ2n) is 3.80. The van der Waals surface area contributed by atoms with Crippen LogP contribution in [0.1, 0.15) is 27.2 Å². The third-order valence-corrected chi connectivity index (χ3v) is 5.50. The van der Waals surface area contributed by atoms with Crippen LogP contribution in [0.2, 0.25) is 0 Å². The van der Waals surface area contributed by atoms with Crippen molar-refractivity contribution >= 4 is 20.0 Å². The van der Waals surface area contributed by atoms with Gasteiger partial charge in [-0.25, -0.2) is 4.21 Å². The van der Waals surface area contributed by atoms with Crippen molar-refractivity contribution in [1.82, 2.24) is 0 Å². The van der Waals surface area contributed by atoms with Crippen molar-refractivity contribution in [1.29, 1.82) is 0 Å². The van der Waals surface area contributed by atoms with Crippen LogP contribution in [-0.2, 0) is 24.1 Å². The average molecular weight is 254 g/mol. The highest BCUT2D eigenvalue weighted by atomic mass is 32.8. The molecule has 0 spiro atoms. The van der Waals surface area contributed by atoms with Gasteiger partial charge in [-0.05, 0) is 20.8 Å². The minimum absolute atomic E-state index is 0.499. The van der Waals surface area contributed by atoms with E-state index in [-0.39, 0.29) is 0 Å². The fourth-order valence-electron chi connectivity index (χ4n) is 1.81. The highest BCUT2D eigenvalue weighted by molar-refractivity contribution is 8.30. The lowest BCUT2D eigenvalue weighted by atomic mass is 10.3. The molecule has 0 heterocycles. The number of hydrogen-bond donors (Lipinski definition) is 0. The first-order chi connectivity index (χ1) is 6.95. The Bertz CT molecular complexity index is 250. The molecule has 0 bridgehead atoms. The van der Waals surface area contributed by atoms with Crippen molar-refractivity contribution in [2.45, 2.75) is 27.2 Å². The molecule has 0 radical (unpaired) electrons. The predicted octanol–water partition coefficient (Wildman–Crippen LogP) is 1.56. The molecule has 0 aliphatic rings. The first kappa shape index (κ1) is 15.3. The molecule has 1 unspecified atom stereocenters. The summed E-state index contributed by atoms with van der Waals surface area (Å²) >= 11 is 4.84. The van der Waals surface area contributed by atoms with Gasteiger partial charge in [-0.3, -0.25) is 4.18 Å². The fraction of sp³-hybridized carbons (Fsp3) is 1.00. The van der Waals surface area contributed by atoms with E-state index in [4.69, 9.17) is 15.4 Å². The first-order valence-electron chi connectivity index (χ1n) is 5.58. The van der Waals surface area contributed by atoms with Gasteiger partial charge in [0.25, 0.3) is 0 Å². The summed E-state index contributed by atoms with van der Waals surface area (Å²) in [5.74, 6) is 0.499. The summed E-state index contributed by atoms with van der Waals surface area (Å²) in [5.41, 5.74) is 0. The van der Waals surface area contributed by atoms with E-state index >= 15 is 0 Å². The van der Waals surface area contributed by atoms with Crippen molar-refractivity contribution in [2.75, 3.05) is 39.0 Å². The Morgan fingerprint density at radius 2 is 1.67 bits per heavy atom. The van der Waals surface area contributed by atoms with E-state index in [0.29, 0.717) is 5.75 Å². The zero-order valence-electron chi connectivity index (χ0n) is 10.3. The van der Waals surface area contributed by atoms with Crippen LogP contribution in [0.4, 0.5) is 0 Å². The number of quaternary nitrogens is 1. The molecule has 0 amide bonds. The summed E-state index contributed by atoms with van der Waals surface area (Å²) in [7, 11) is -1.02. The standard InChI is InChI=1S/C10H24NO2S2/c1-5-11(6-2,7-3)9-8-10-15(12,14)13-4/h5-10H2,1-4H3/q+1. The van der Waals surface area contributed by atoms with Gasteiger partial charge in [0.1, 0.15) is 8.77 Å². The van der Waals surface area contributed by atoms with Gasteiger partial charge in [0.05, 0.1) is 39.0 Å². The molecular formula is C10H24NO2S2+. The quantitative estimate of drug-likeness (QED) is 0.615. The van der Waals surface area contributed by atoms with Crippen molar-refractivity contribution in [3.05, 3.63) is 0 Å². The molecule has 0 saturated heterocycles. The summed E-state index contributed by atoms with van der Waals surface area (Å²) in [6.45, 7) is 11.0. The van der Waals surface area contributed by atoms with Crippen LogP contribution in [0.15, 0.2) is 0 Å². The Kier molecular flexibility index (Phi) is 6.91.